The van der Waals surface area contributed by atoms with Gasteiger partial charge in [-0.05, 0) is 81.6 Å². The molecule has 1 unspecified atom stereocenters. The summed E-state index contributed by atoms with van der Waals surface area (Å²) in [7, 11) is 2.09. The lowest BCUT2D eigenvalue weighted by Crippen LogP contribution is -2.28. The summed E-state index contributed by atoms with van der Waals surface area (Å²) in [5.74, 6) is 0. The van der Waals surface area contributed by atoms with Crippen LogP contribution in [0.1, 0.15) is 40.0 Å². The molecule has 0 saturated carbocycles. The molecule has 0 fully saturated rings. The van der Waals surface area contributed by atoms with Crippen molar-refractivity contribution in [2.45, 2.75) is 52.5 Å². The maximum atomic E-state index is 3.50. The lowest BCUT2D eigenvalue weighted by Gasteiger charge is -2.19. The summed E-state index contributed by atoms with van der Waals surface area (Å²) in [5.41, 5.74) is 5.76. The van der Waals surface area contributed by atoms with Gasteiger partial charge in [-0.2, -0.15) is 0 Å². The summed E-state index contributed by atoms with van der Waals surface area (Å²) < 4.78 is 0. The number of benzene rings is 1. The molecule has 114 valence electrons. The highest BCUT2D eigenvalue weighted by atomic mass is 32.1. The van der Waals surface area contributed by atoms with Crippen LogP contribution in [0.5, 0.6) is 0 Å². The number of hydrogen-bond acceptors (Lipinski definition) is 2. The Hall–Kier alpha value is -1.12. The largest absolute Gasteiger partial charge is 0.317 e. The van der Waals surface area contributed by atoms with Crippen LogP contribution >= 0.6 is 11.3 Å². The third-order valence-electron chi connectivity index (χ3n) is 4.26. The first-order valence-corrected chi connectivity index (χ1v) is 8.74. The predicted molar refractivity (Wildman–Crippen MR) is 94.5 cm³/mol. The summed E-state index contributed by atoms with van der Waals surface area (Å²) in [5, 5.41) is 5.67. The van der Waals surface area contributed by atoms with Crippen LogP contribution in [0.15, 0.2) is 29.6 Å². The second-order valence-electron chi connectivity index (χ2n) is 6.04. The van der Waals surface area contributed by atoms with Crippen molar-refractivity contribution in [3.63, 3.8) is 0 Å². The Morgan fingerprint density at radius 2 is 1.86 bits per heavy atom. The van der Waals surface area contributed by atoms with E-state index in [2.05, 4.69) is 62.8 Å². The minimum Gasteiger partial charge on any atom is -0.317 e. The first kappa shape index (κ1) is 16.3. The fourth-order valence-electron chi connectivity index (χ4n) is 3.10. The van der Waals surface area contributed by atoms with Crippen molar-refractivity contribution in [1.29, 1.82) is 0 Å². The molecule has 1 nitrogen and oxygen atoms in total. The van der Waals surface area contributed by atoms with Gasteiger partial charge >= 0.3 is 0 Å². The Bertz CT molecular complexity index is 534. The van der Waals surface area contributed by atoms with Crippen LogP contribution in [0.2, 0.25) is 0 Å². The molecule has 0 aliphatic carbocycles. The highest BCUT2D eigenvalue weighted by molar-refractivity contribution is 7.09. The number of hydrogen-bond donors (Lipinski definition) is 1. The minimum atomic E-state index is 0.574. The molecule has 0 saturated heterocycles. The molecule has 1 heterocycles. The maximum Gasteiger partial charge on any atom is 0.0105 e. The van der Waals surface area contributed by atoms with Crippen molar-refractivity contribution >= 4 is 11.3 Å². The Balaban J connectivity index is 1.93. The predicted octanol–water partition coefficient (Wildman–Crippen LogP) is 4.83. The quantitative estimate of drug-likeness (QED) is 0.772. The summed E-state index contributed by atoms with van der Waals surface area (Å²) in [6.07, 6.45) is 4.84. The van der Waals surface area contributed by atoms with Gasteiger partial charge in [0.25, 0.3) is 0 Å². The third-order valence-corrected chi connectivity index (χ3v) is 5.19. The number of nitrogens with one attached hydrogen (secondary N) is 1. The molecule has 2 rings (SSSR count). The van der Waals surface area contributed by atoms with Crippen molar-refractivity contribution in [2.75, 3.05) is 7.05 Å². The topological polar surface area (TPSA) is 12.0 Å². The number of likely N-dealkylation sites (N-methyl/N-ethyl adjacent to an activating group) is 1. The number of rotatable bonds is 7. The lowest BCUT2D eigenvalue weighted by molar-refractivity contribution is 0.501. The van der Waals surface area contributed by atoms with Crippen molar-refractivity contribution in [3.8, 4) is 0 Å². The molecule has 0 amide bonds. The molecule has 1 atom stereocenters. The molecule has 1 N–H and O–H groups in total. The van der Waals surface area contributed by atoms with E-state index in [4.69, 9.17) is 0 Å². The second kappa shape index (κ2) is 7.77. The molecule has 2 aromatic rings. The minimum absolute atomic E-state index is 0.574. The molecular formula is C19H27NS. The van der Waals surface area contributed by atoms with E-state index in [1.54, 1.807) is 0 Å². The van der Waals surface area contributed by atoms with Crippen LogP contribution in [0, 0.1) is 20.8 Å². The number of aryl methyl sites for hydroxylation is 4. The first-order chi connectivity index (χ1) is 10.1. The van der Waals surface area contributed by atoms with Gasteiger partial charge in [0.2, 0.25) is 0 Å². The van der Waals surface area contributed by atoms with Crippen LogP contribution < -0.4 is 5.32 Å². The molecule has 0 bridgehead atoms. The SMILES string of the molecule is CNC(CCCc1cccs1)Cc1c(C)cc(C)cc1C. The van der Waals surface area contributed by atoms with Crippen LogP contribution in [0.4, 0.5) is 0 Å². The molecule has 21 heavy (non-hydrogen) atoms. The van der Waals surface area contributed by atoms with Crippen molar-refractivity contribution < 1.29 is 0 Å². The van der Waals surface area contributed by atoms with Gasteiger partial charge in [-0.15, -0.1) is 11.3 Å². The second-order valence-corrected chi connectivity index (χ2v) is 7.07. The fourth-order valence-corrected chi connectivity index (χ4v) is 3.86. The van der Waals surface area contributed by atoms with E-state index in [0.29, 0.717) is 6.04 Å². The van der Waals surface area contributed by atoms with Gasteiger partial charge < -0.3 is 5.32 Å². The highest BCUT2D eigenvalue weighted by Crippen LogP contribution is 2.20. The molecular weight excluding hydrogens is 274 g/mol. The van der Waals surface area contributed by atoms with Gasteiger partial charge in [-0.1, -0.05) is 23.8 Å². The van der Waals surface area contributed by atoms with Crippen LogP contribution in [-0.2, 0) is 12.8 Å². The van der Waals surface area contributed by atoms with Crippen molar-refractivity contribution in [3.05, 3.63) is 56.8 Å². The van der Waals surface area contributed by atoms with Crippen molar-refractivity contribution in [2.24, 2.45) is 0 Å². The highest BCUT2D eigenvalue weighted by Gasteiger charge is 2.11. The van der Waals surface area contributed by atoms with Crippen LogP contribution in [0.25, 0.3) is 0 Å². The van der Waals surface area contributed by atoms with E-state index in [-0.39, 0.29) is 0 Å². The molecule has 1 aromatic heterocycles. The molecule has 0 aliphatic rings. The Morgan fingerprint density at radius 1 is 1.14 bits per heavy atom. The standard InChI is InChI=1S/C19H27NS/c1-14-11-15(2)19(16(3)12-14)13-17(20-4)7-5-8-18-9-6-10-21-18/h6,9-12,17,20H,5,7-8,13H2,1-4H3. The van der Waals surface area contributed by atoms with Crippen molar-refractivity contribution in [1.82, 2.24) is 5.32 Å². The fraction of sp³-hybridized carbons (Fsp3) is 0.474. The van der Waals surface area contributed by atoms with E-state index in [1.165, 1.54) is 46.4 Å². The average Bonchev–Trinajstić information content (AvgIpc) is 2.93. The molecule has 1 aromatic carbocycles. The van der Waals surface area contributed by atoms with Crippen LogP contribution in [0.3, 0.4) is 0 Å². The molecule has 0 spiro atoms. The van der Waals surface area contributed by atoms with Gasteiger partial charge in [-0.25, -0.2) is 0 Å². The van der Waals surface area contributed by atoms with Gasteiger partial charge in [0.15, 0.2) is 0 Å². The molecule has 0 aliphatic heterocycles. The van der Waals surface area contributed by atoms with Gasteiger partial charge in [0.05, 0.1) is 0 Å². The summed E-state index contributed by atoms with van der Waals surface area (Å²) in [6.45, 7) is 6.67. The summed E-state index contributed by atoms with van der Waals surface area (Å²) in [4.78, 5) is 1.51. The summed E-state index contributed by atoms with van der Waals surface area (Å²) >= 11 is 1.87. The lowest BCUT2D eigenvalue weighted by atomic mass is 9.92. The van der Waals surface area contributed by atoms with E-state index in [9.17, 15) is 0 Å². The Kier molecular flexibility index (Phi) is 6.01. The van der Waals surface area contributed by atoms with E-state index >= 15 is 0 Å². The first-order valence-electron chi connectivity index (χ1n) is 7.86. The summed E-state index contributed by atoms with van der Waals surface area (Å²) in [6, 6.07) is 9.58. The zero-order chi connectivity index (χ0) is 15.2. The Morgan fingerprint density at radius 3 is 2.43 bits per heavy atom. The normalized spacial score (nSPS) is 12.6. The van der Waals surface area contributed by atoms with Gasteiger partial charge in [-0.3, -0.25) is 0 Å². The number of thiophene rings is 1. The molecule has 0 radical (unpaired) electrons. The van der Waals surface area contributed by atoms with Gasteiger partial charge in [0.1, 0.15) is 0 Å². The maximum absolute atomic E-state index is 3.50. The van der Waals surface area contributed by atoms with E-state index in [1.807, 2.05) is 11.3 Å². The van der Waals surface area contributed by atoms with Crippen LogP contribution in [-0.4, -0.2) is 13.1 Å². The van der Waals surface area contributed by atoms with E-state index < -0.39 is 0 Å². The Labute approximate surface area is 133 Å². The zero-order valence-electron chi connectivity index (χ0n) is 13.7. The monoisotopic (exact) mass is 301 g/mol. The smallest absolute Gasteiger partial charge is 0.0105 e. The average molecular weight is 301 g/mol. The third kappa shape index (κ3) is 4.69. The zero-order valence-corrected chi connectivity index (χ0v) is 14.5. The molecule has 2 heteroatoms. The van der Waals surface area contributed by atoms with E-state index in [0.717, 1.165) is 6.42 Å². The van der Waals surface area contributed by atoms with Gasteiger partial charge in [0, 0.05) is 10.9 Å².